The Bertz CT molecular complexity index is 1150. The molecule has 0 bridgehead atoms. The maximum absolute atomic E-state index is 12.8. The number of carbonyl (C=O) groups is 2. The van der Waals surface area contributed by atoms with Crippen molar-refractivity contribution in [1.82, 2.24) is 5.32 Å². The summed E-state index contributed by atoms with van der Waals surface area (Å²) in [5.74, 6) is 1.29. The van der Waals surface area contributed by atoms with Crippen LogP contribution in [0.15, 0.2) is 66.7 Å². The second-order valence-corrected chi connectivity index (χ2v) is 7.81. The van der Waals surface area contributed by atoms with Crippen molar-refractivity contribution >= 4 is 17.5 Å². The molecular weight excluding hydrogens is 432 g/mol. The van der Waals surface area contributed by atoms with Crippen molar-refractivity contribution < 1.29 is 23.8 Å². The molecule has 0 aromatic heterocycles. The Kier molecular flexibility index (Phi) is 8.51. The van der Waals surface area contributed by atoms with Gasteiger partial charge in [-0.05, 0) is 67.8 Å². The highest BCUT2D eigenvalue weighted by atomic mass is 16.5. The Morgan fingerprint density at radius 2 is 1.68 bits per heavy atom. The molecule has 0 unspecified atom stereocenters. The zero-order valence-corrected chi connectivity index (χ0v) is 19.9. The van der Waals surface area contributed by atoms with Gasteiger partial charge in [0.15, 0.2) is 17.6 Å². The van der Waals surface area contributed by atoms with Crippen LogP contribution in [0.2, 0.25) is 0 Å². The largest absolute Gasteiger partial charge is 0.493 e. The van der Waals surface area contributed by atoms with E-state index in [0.29, 0.717) is 41.5 Å². The molecule has 0 saturated heterocycles. The van der Waals surface area contributed by atoms with Crippen LogP contribution in [0.1, 0.15) is 28.4 Å². The molecule has 0 aliphatic rings. The maximum atomic E-state index is 12.8. The van der Waals surface area contributed by atoms with Crippen LogP contribution in [-0.4, -0.2) is 38.7 Å². The number of hydrogen-bond donors (Lipinski definition) is 2. The first kappa shape index (κ1) is 24.6. The molecule has 1 atom stereocenters. The Balaban J connectivity index is 1.59. The smallest absolute Gasteiger partial charge is 0.265 e. The van der Waals surface area contributed by atoms with Crippen molar-refractivity contribution in [3.8, 4) is 17.2 Å². The molecule has 7 heteroatoms. The Labute approximate surface area is 200 Å². The van der Waals surface area contributed by atoms with Gasteiger partial charge in [-0.15, -0.1) is 0 Å². The van der Waals surface area contributed by atoms with Gasteiger partial charge in [0.1, 0.15) is 5.75 Å². The zero-order valence-electron chi connectivity index (χ0n) is 19.9. The molecule has 3 aromatic carbocycles. The van der Waals surface area contributed by atoms with E-state index in [-0.39, 0.29) is 11.8 Å². The number of nitrogens with one attached hydrogen (secondary N) is 2. The van der Waals surface area contributed by atoms with Crippen LogP contribution in [0.25, 0.3) is 0 Å². The van der Waals surface area contributed by atoms with Gasteiger partial charge in [-0.3, -0.25) is 9.59 Å². The number of amides is 2. The van der Waals surface area contributed by atoms with Crippen LogP contribution in [-0.2, 0) is 11.2 Å². The highest BCUT2D eigenvalue weighted by molar-refractivity contribution is 6.04. The van der Waals surface area contributed by atoms with Gasteiger partial charge in [0.05, 0.1) is 25.5 Å². The summed E-state index contributed by atoms with van der Waals surface area (Å²) in [7, 11) is 3.17. The van der Waals surface area contributed by atoms with Crippen LogP contribution in [0.4, 0.5) is 5.69 Å². The van der Waals surface area contributed by atoms with Gasteiger partial charge in [0, 0.05) is 6.54 Å². The molecule has 34 heavy (non-hydrogen) atoms. The molecule has 0 spiro atoms. The van der Waals surface area contributed by atoms with Crippen LogP contribution in [0.5, 0.6) is 17.2 Å². The number of anilines is 1. The lowest BCUT2D eigenvalue weighted by Gasteiger charge is -2.17. The Morgan fingerprint density at radius 1 is 0.912 bits per heavy atom. The number of ether oxygens (including phenoxy) is 3. The van der Waals surface area contributed by atoms with E-state index >= 15 is 0 Å². The lowest BCUT2D eigenvalue weighted by atomic mass is 10.1. The molecule has 0 saturated carbocycles. The molecule has 2 amide bonds. The fourth-order valence-electron chi connectivity index (χ4n) is 3.42. The third-order valence-electron chi connectivity index (χ3n) is 5.25. The van der Waals surface area contributed by atoms with Crippen molar-refractivity contribution in [2.75, 3.05) is 26.1 Å². The number of rotatable bonds is 10. The predicted octanol–water partition coefficient (Wildman–Crippen LogP) is 4.39. The molecule has 0 radical (unpaired) electrons. The summed E-state index contributed by atoms with van der Waals surface area (Å²) < 4.78 is 16.3. The predicted molar refractivity (Wildman–Crippen MR) is 132 cm³/mol. The first-order valence-electron chi connectivity index (χ1n) is 11.0. The minimum absolute atomic E-state index is 0.274. The molecule has 178 valence electrons. The van der Waals surface area contributed by atoms with E-state index in [0.717, 1.165) is 11.1 Å². The van der Waals surface area contributed by atoms with E-state index < -0.39 is 6.10 Å². The molecule has 3 rings (SSSR count). The monoisotopic (exact) mass is 462 g/mol. The zero-order chi connectivity index (χ0) is 24.5. The molecule has 0 aliphatic carbocycles. The topological polar surface area (TPSA) is 85.9 Å². The summed E-state index contributed by atoms with van der Waals surface area (Å²) in [4.78, 5) is 25.5. The normalized spacial score (nSPS) is 11.3. The van der Waals surface area contributed by atoms with Crippen molar-refractivity contribution in [2.45, 2.75) is 26.4 Å². The fraction of sp³-hybridized carbons (Fsp3) is 0.259. The van der Waals surface area contributed by atoms with E-state index in [2.05, 4.69) is 10.6 Å². The van der Waals surface area contributed by atoms with E-state index in [9.17, 15) is 9.59 Å². The maximum Gasteiger partial charge on any atom is 0.265 e. The van der Waals surface area contributed by atoms with Crippen molar-refractivity contribution in [3.63, 3.8) is 0 Å². The summed E-state index contributed by atoms with van der Waals surface area (Å²) in [5.41, 5.74) is 2.85. The molecular formula is C27H30N2O5. The first-order valence-corrected chi connectivity index (χ1v) is 11.0. The van der Waals surface area contributed by atoms with Gasteiger partial charge in [0.2, 0.25) is 0 Å². The van der Waals surface area contributed by atoms with Crippen LogP contribution < -0.4 is 24.8 Å². The van der Waals surface area contributed by atoms with Gasteiger partial charge in [-0.25, -0.2) is 0 Å². The molecule has 0 aliphatic heterocycles. The van der Waals surface area contributed by atoms with Gasteiger partial charge in [0.25, 0.3) is 11.8 Å². The number of methoxy groups -OCH3 is 2. The lowest BCUT2D eigenvalue weighted by molar-refractivity contribution is -0.122. The quantitative estimate of drug-likeness (QED) is 0.467. The summed E-state index contributed by atoms with van der Waals surface area (Å²) >= 11 is 0. The van der Waals surface area contributed by atoms with Gasteiger partial charge < -0.3 is 24.8 Å². The molecule has 0 fully saturated rings. The van der Waals surface area contributed by atoms with E-state index in [4.69, 9.17) is 14.2 Å². The molecule has 2 N–H and O–H groups in total. The first-order chi connectivity index (χ1) is 16.4. The van der Waals surface area contributed by atoms with E-state index in [1.54, 1.807) is 51.5 Å². The van der Waals surface area contributed by atoms with Crippen molar-refractivity contribution in [1.29, 1.82) is 0 Å². The molecule has 7 nitrogen and oxygen atoms in total. The second kappa shape index (κ2) is 11.7. The average Bonchev–Trinajstić information content (AvgIpc) is 2.84. The van der Waals surface area contributed by atoms with Crippen LogP contribution >= 0.6 is 0 Å². The summed E-state index contributed by atoms with van der Waals surface area (Å²) in [6, 6.07) is 20.0. The van der Waals surface area contributed by atoms with Crippen molar-refractivity contribution in [3.05, 3.63) is 83.4 Å². The third-order valence-corrected chi connectivity index (χ3v) is 5.25. The van der Waals surface area contributed by atoms with Crippen LogP contribution in [0, 0.1) is 6.92 Å². The summed E-state index contributed by atoms with van der Waals surface area (Å²) in [5, 5.41) is 5.72. The second-order valence-electron chi connectivity index (χ2n) is 7.81. The van der Waals surface area contributed by atoms with Gasteiger partial charge in [-0.2, -0.15) is 0 Å². The third kappa shape index (κ3) is 6.51. The highest BCUT2D eigenvalue weighted by Gasteiger charge is 2.18. The van der Waals surface area contributed by atoms with Crippen molar-refractivity contribution in [2.24, 2.45) is 0 Å². The van der Waals surface area contributed by atoms with Crippen LogP contribution in [0.3, 0.4) is 0 Å². The minimum Gasteiger partial charge on any atom is -0.493 e. The number of hydrogen-bond acceptors (Lipinski definition) is 5. The Hall–Kier alpha value is -4.00. The Morgan fingerprint density at radius 3 is 2.41 bits per heavy atom. The molecule has 0 heterocycles. The van der Waals surface area contributed by atoms with Gasteiger partial charge in [-0.1, -0.05) is 30.3 Å². The fourth-order valence-corrected chi connectivity index (χ4v) is 3.42. The molecule has 3 aromatic rings. The average molecular weight is 463 g/mol. The number of para-hydroxylation sites is 1. The standard InChI is InChI=1S/C27H30N2O5/c1-18-8-7-9-21(16-18)34-19(2)26(30)29-23-11-6-5-10-22(23)27(31)28-15-14-20-12-13-24(32-3)25(17-20)33-4/h5-13,16-17,19H,14-15H2,1-4H3,(H,28,31)(H,29,30)/t19-/m1/s1. The minimum atomic E-state index is -0.733. The van der Waals surface area contributed by atoms with E-state index in [1.165, 1.54) is 0 Å². The number of aryl methyl sites for hydroxylation is 1. The number of benzene rings is 3. The summed E-state index contributed by atoms with van der Waals surface area (Å²) in [6.45, 7) is 4.05. The lowest BCUT2D eigenvalue weighted by Crippen LogP contribution is -2.32. The van der Waals surface area contributed by atoms with E-state index in [1.807, 2.05) is 43.3 Å². The summed E-state index contributed by atoms with van der Waals surface area (Å²) in [6.07, 6.45) is -0.120. The van der Waals surface area contributed by atoms with Gasteiger partial charge >= 0.3 is 0 Å². The number of carbonyl (C=O) groups excluding carboxylic acids is 2. The highest BCUT2D eigenvalue weighted by Crippen LogP contribution is 2.27. The SMILES string of the molecule is COc1ccc(CCNC(=O)c2ccccc2NC(=O)[C@@H](C)Oc2cccc(C)c2)cc1OC.